The first-order chi connectivity index (χ1) is 14.7. The number of hydrogen-bond acceptors (Lipinski definition) is 6. The van der Waals surface area contributed by atoms with Crippen LogP contribution in [0.5, 0.6) is 11.5 Å². The van der Waals surface area contributed by atoms with E-state index in [-0.39, 0.29) is 12.0 Å². The molecule has 1 fully saturated rings. The Labute approximate surface area is 182 Å². The van der Waals surface area contributed by atoms with E-state index < -0.39 is 0 Å². The second kappa shape index (κ2) is 9.58. The van der Waals surface area contributed by atoms with Crippen molar-refractivity contribution in [1.29, 1.82) is 0 Å². The van der Waals surface area contributed by atoms with Crippen LogP contribution in [0.3, 0.4) is 0 Å². The van der Waals surface area contributed by atoms with Gasteiger partial charge in [-0.05, 0) is 59.8 Å². The summed E-state index contributed by atoms with van der Waals surface area (Å²) in [6, 6.07) is 16.6. The van der Waals surface area contributed by atoms with E-state index in [1.807, 2.05) is 24.3 Å². The van der Waals surface area contributed by atoms with Crippen LogP contribution in [-0.4, -0.2) is 43.3 Å². The van der Waals surface area contributed by atoms with Crippen molar-refractivity contribution in [2.24, 2.45) is 11.0 Å². The third kappa shape index (κ3) is 4.35. The van der Waals surface area contributed by atoms with Gasteiger partial charge < -0.3 is 14.2 Å². The molecule has 0 aromatic heterocycles. The van der Waals surface area contributed by atoms with E-state index >= 15 is 0 Å². The molecule has 30 heavy (non-hydrogen) atoms. The van der Waals surface area contributed by atoms with Crippen LogP contribution < -0.4 is 9.47 Å². The van der Waals surface area contributed by atoms with Gasteiger partial charge in [0.1, 0.15) is 11.5 Å². The van der Waals surface area contributed by atoms with Crippen molar-refractivity contribution in [2.75, 3.05) is 33.2 Å². The molecule has 0 radical (unpaired) electrons. The zero-order chi connectivity index (χ0) is 20.9. The van der Waals surface area contributed by atoms with Gasteiger partial charge in [-0.15, -0.1) is 0 Å². The fourth-order valence-corrected chi connectivity index (χ4v) is 4.80. The Bertz CT molecular complexity index is 909. The fraction of sp³-hybridized carbons (Fsp3) is 0.375. The maximum absolute atomic E-state index is 6.03. The number of nitrogens with zero attached hydrogens (tertiary/aromatic N) is 2. The molecule has 2 atom stereocenters. The number of ether oxygens (including phenoxy) is 3. The predicted molar refractivity (Wildman–Crippen MR) is 123 cm³/mol. The highest BCUT2D eigenvalue weighted by Gasteiger charge is 2.42. The minimum absolute atomic E-state index is 0.155. The van der Waals surface area contributed by atoms with Crippen molar-refractivity contribution in [1.82, 2.24) is 4.41 Å². The summed E-state index contributed by atoms with van der Waals surface area (Å²) in [5, 5.41) is 5.07. The highest BCUT2D eigenvalue weighted by molar-refractivity contribution is 7.97. The molecule has 4 rings (SSSR count). The third-order valence-electron chi connectivity index (χ3n) is 5.40. The average Bonchev–Trinajstić information content (AvgIpc) is 3.17. The molecule has 1 saturated heterocycles. The number of hydrogen-bond donors (Lipinski definition) is 0. The van der Waals surface area contributed by atoms with Crippen molar-refractivity contribution in [3.05, 3.63) is 65.2 Å². The molecule has 2 unspecified atom stereocenters. The average molecular weight is 425 g/mol. The highest BCUT2D eigenvalue weighted by Crippen LogP contribution is 2.44. The Morgan fingerprint density at radius 3 is 2.37 bits per heavy atom. The molecule has 0 N–H and O–H groups in total. The molecule has 0 spiro atoms. The van der Waals surface area contributed by atoms with E-state index in [0.29, 0.717) is 13.2 Å². The molecule has 2 aliphatic rings. The zero-order valence-electron chi connectivity index (χ0n) is 17.7. The predicted octanol–water partition coefficient (Wildman–Crippen LogP) is 5.20. The molecule has 0 amide bonds. The lowest BCUT2D eigenvalue weighted by Crippen LogP contribution is -2.32. The minimum atomic E-state index is 0.155. The Morgan fingerprint density at radius 1 is 1.07 bits per heavy atom. The summed E-state index contributed by atoms with van der Waals surface area (Å²) in [5.41, 5.74) is 4.65. The molecule has 2 aromatic carbocycles. The molecule has 0 aliphatic carbocycles. The second-order valence-electron chi connectivity index (χ2n) is 7.40. The van der Waals surface area contributed by atoms with E-state index in [9.17, 15) is 0 Å². The first-order valence-electron chi connectivity index (χ1n) is 10.3. The van der Waals surface area contributed by atoms with Crippen LogP contribution in [-0.2, 0) is 4.74 Å². The number of hydrazone groups is 1. The SMILES string of the molecule is CCCSN1N=C2C(=Cc3ccc(OC)cc3)COCC2C1c1ccc(OC)cc1. The normalized spacial score (nSPS) is 22.0. The van der Waals surface area contributed by atoms with Crippen LogP contribution in [0.25, 0.3) is 6.08 Å². The van der Waals surface area contributed by atoms with Crippen LogP contribution in [0.1, 0.15) is 30.5 Å². The zero-order valence-corrected chi connectivity index (χ0v) is 18.5. The van der Waals surface area contributed by atoms with Gasteiger partial charge in [-0.25, -0.2) is 4.41 Å². The Balaban J connectivity index is 1.65. The second-order valence-corrected chi connectivity index (χ2v) is 8.44. The summed E-state index contributed by atoms with van der Waals surface area (Å²) in [5.74, 6) is 2.97. The van der Waals surface area contributed by atoms with E-state index in [1.165, 1.54) is 5.56 Å². The third-order valence-corrected chi connectivity index (χ3v) is 6.57. The molecule has 158 valence electrons. The standard InChI is InChI=1S/C24H28N2O3S/c1-4-13-30-26-24(18-7-11-21(28-3)12-8-18)22-16-29-15-19(23(22)25-26)14-17-5-9-20(27-2)10-6-17/h5-12,14,22,24H,4,13,15-16H2,1-3H3. The van der Waals surface area contributed by atoms with E-state index in [0.717, 1.165) is 40.5 Å². The molecule has 2 heterocycles. The molecule has 0 bridgehead atoms. The quantitative estimate of drug-likeness (QED) is 0.571. The van der Waals surface area contributed by atoms with Gasteiger partial charge in [0.2, 0.25) is 0 Å². The van der Waals surface area contributed by atoms with Crippen molar-refractivity contribution >= 4 is 23.7 Å². The van der Waals surface area contributed by atoms with Crippen LogP contribution in [0.2, 0.25) is 0 Å². The lowest BCUT2D eigenvalue weighted by molar-refractivity contribution is 0.113. The van der Waals surface area contributed by atoms with Crippen LogP contribution in [0.4, 0.5) is 0 Å². The first-order valence-corrected chi connectivity index (χ1v) is 11.2. The molecule has 2 aromatic rings. The summed E-state index contributed by atoms with van der Waals surface area (Å²) in [7, 11) is 3.38. The minimum Gasteiger partial charge on any atom is -0.497 e. The molecule has 0 saturated carbocycles. The molecule has 2 aliphatic heterocycles. The number of benzene rings is 2. The number of rotatable bonds is 7. The van der Waals surface area contributed by atoms with Crippen molar-refractivity contribution in [2.45, 2.75) is 19.4 Å². The van der Waals surface area contributed by atoms with Crippen LogP contribution in [0, 0.1) is 5.92 Å². The summed E-state index contributed by atoms with van der Waals surface area (Å²) in [4.78, 5) is 0. The van der Waals surface area contributed by atoms with Gasteiger partial charge in [-0.2, -0.15) is 5.10 Å². The van der Waals surface area contributed by atoms with Crippen LogP contribution >= 0.6 is 11.9 Å². The van der Waals surface area contributed by atoms with Gasteiger partial charge in [-0.3, -0.25) is 0 Å². The molecule has 6 heteroatoms. The first kappa shape index (κ1) is 20.8. The summed E-state index contributed by atoms with van der Waals surface area (Å²) < 4.78 is 18.8. The van der Waals surface area contributed by atoms with Gasteiger partial charge in [0.25, 0.3) is 0 Å². The number of methoxy groups -OCH3 is 2. The highest BCUT2D eigenvalue weighted by atomic mass is 32.2. The largest absolute Gasteiger partial charge is 0.497 e. The maximum Gasteiger partial charge on any atom is 0.118 e. The monoisotopic (exact) mass is 424 g/mol. The molecular formula is C24H28N2O3S. The molecule has 5 nitrogen and oxygen atoms in total. The molecular weight excluding hydrogens is 396 g/mol. The Kier molecular flexibility index (Phi) is 6.65. The topological polar surface area (TPSA) is 43.3 Å². The lowest BCUT2D eigenvalue weighted by Gasteiger charge is -2.29. The number of fused-ring (bicyclic) bond motifs is 1. The maximum atomic E-state index is 6.03. The van der Waals surface area contributed by atoms with Crippen molar-refractivity contribution in [3.63, 3.8) is 0 Å². The van der Waals surface area contributed by atoms with E-state index in [2.05, 4.69) is 41.7 Å². The van der Waals surface area contributed by atoms with Crippen LogP contribution in [0.15, 0.2) is 59.2 Å². The van der Waals surface area contributed by atoms with E-state index in [4.69, 9.17) is 19.3 Å². The summed E-state index contributed by atoms with van der Waals surface area (Å²) in [6.07, 6.45) is 3.29. The Hall–Kier alpha value is -2.44. The summed E-state index contributed by atoms with van der Waals surface area (Å²) in [6.45, 7) is 3.46. The van der Waals surface area contributed by atoms with Gasteiger partial charge in [0.15, 0.2) is 0 Å². The lowest BCUT2D eigenvalue weighted by atomic mass is 9.86. The van der Waals surface area contributed by atoms with Crippen molar-refractivity contribution in [3.8, 4) is 11.5 Å². The van der Waals surface area contributed by atoms with Gasteiger partial charge in [0, 0.05) is 11.3 Å². The van der Waals surface area contributed by atoms with E-state index in [1.54, 1.807) is 26.2 Å². The van der Waals surface area contributed by atoms with Crippen molar-refractivity contribution < 1.29 is 14.2 Å². The van der Waals surface area contributed by atoms with Gasteiger partial charge in [-0.1, -0.05) is 31.2 Å². The fourth-order valence-electron chi connectivity index (χ4n) is 3.86. The van der Waals surface area contributed by atoms with Gasteiger partial charge in [0.05, 0.1) is 45.1 Å². The Morgan fingerprint density at radius 2 is 1.73 bits per heavy atom. The summed E-state index contributed by atoms with van der Waals surface area (Å²) >= 11 is 1.79. The smallest absolute Gasteiger partial charge is 0.118 e. The van der Waals surface area contributed by atoms with Gasteiger partial charge >= 0.3 is 0 Å².